The molecule has 0 radical (unpaired) electrons. The number of rotatable bonds is 3. The van der Waals surface area contributed by atoms with Gasteiger partial charge in [0.05, 0.1) is 6.42 Å². The smallest absolute Gasteiger partial charge is 0.249 e. The molecule has 19 heavy (non-hydrogen) atoms. The predicted octanol–water partition coefficient (Wildman–Crippen LogP) is 1.11. The number of nitrogens with zero attached hydrogens (tertiary/aromatic N) is 1. The molecule has 2 aliphatic rings. The molecule has 0 spiro atoms. The summed E-state index contributed by atoms with van der Waals surface area (Å²) in [6, 6.07) is 7.60. The number of nitrogens with one attached hydrogen (secondary N) is 2. The van der Waals surface area contributed by atoms with Gasteiger partial charge in [-0.3, -0.25) is 14.9 Å². The fraction of sp³-hybridized carbons (Fsp3) is 0.429. The molecule has 2 fully saturated rings. The Kier molecular flexibility index (Phi) is 3.11. The first kappa shape index (κ1) is 12.0. The largest absolute Gasteiger partial charge is 0.373 e. The predicted molar refractivity (Wildman–Crippen MR) is 73.1 cm³/mol. The van der Waals surface area contributed by atoms with Crippen LogP contribution in [0, 0.1) is 0 Å². The molecule has 2 N–H and O–H groups in total. The molecule has 5 nitrogen and oxygen atoms in total. The van der Waals surface area contributed by atoms with Crippen LogP contribution in [0.2, 0.25) is 0 Å². The Morgan fingerprint density at radius 2 is 1.79 bits per heavy atom. The van der Waals surface area contributed by atoms with Crippen molar-refractivity contribution in [3.05, 3.63) is 24.3 Å². The normalized spacial score (nSPS) is 22.7. The van der Waals surface area contributed by atoms with Gasteiger partial charge in [0.1, 0.15) is 6.04 Å². The van der Waals surface area contributed by atoms with Gasteiger partial charge >= 0.3 is 0 Å². The van der Waals surface area contributed by atoms with E-state index >= 15 is 0 Å². The van der Waals surface area contributed by atoms with E-state index in [9.17, 15) is 9.59 Å². The maximum Gasteiger partial charge on any atom is 0.249 e. The lowest BCUT2D eigenvalue weighted by molar-refractivity contribution is -0.124. The third kappa shape index (κ3) is 2.54. The molecule has 5 heteroatoms. The maximum absolute atomic E-state index is 11.5. The molecule has 100 valence electrons. The summed E-state index contributed by atoms with van der Waals surface area (Å²) in [5, 5.41) is 5.38. The van der Waals surface area contributed by atoms with Crippen molar-refractivity contribution in [1.29, 1.82) is 0 Å². The highest BCUT2D eigenvalue weighted by Gasteiger charge is 2.30. The molecule has 2 aliphatic heterocycles. The Labute approximate surface area is 112 Å². The van der Waals surface area contributed by atoms with E-state index in [4.69, 9.17) is 0 Å². The number of carbonyl (C=O) groups excluding carboxylic acids is 2. The van der Waals surface area contributed by atoms with Gasteiger partial charge in [-0.15, -0.1) is 0 Å². The molecule has 2 amide bonds. The summed E-state index contributed by atoms with van der Waals surface area (Å²) >= 11 is 0. The second kappa shape index (κ2) is 4.91. The lowest BCUT2D eigenvalue weighted by Gasteiger charge is -2.18. The van der Waals surface area contributed by atoms with Gasteiger partial charge in [0, 0.05) is 24.5 Å². The van der Waals surface area contributed by atoms with Crippen molar-refractivity contribution in [3.63, 3.8) is 0 Å². The fourth-order valence-electron chi connectivity index (χ4n) is 2.62. The third-order valence-electron chi connectivity index (χ3n) is 3.65. The first-order valence-electron chi connectivity index (χ1n) is 6.67. The monoisotopic (exact) mass is 259 g/mol. The lowest BCUT2D eigenvalue weighted by atomic mass is 10.2. The Morgan fingerprint density at radius 3 is 2.37 bits per heavy atom. The van der Waals surface area contributed by atoms with Crippen LogP contribution in [0.15, 0.2) is 24.3 Å². The first-order chi connectivity index (χ1) is 9.22. The van der Waals surface area contributed by atoms with Gasteiger partial charge in [-0.25, -0.2) is 0 Å². The van der Waals surface area contributed by atoms with Gasteiger partial charge in [-0.2, -0.15) is 0 Å². The molecule has 1 unspecified atom stereocenters. The quantitative estimate of drug-likeness (QED) is 0.798. The van der Waals surface area contributed by atoms with Crippen LogP contribution in [0.3, 0.4) is 0 Å². The Bertz CT molecular complexity index is 492. The van der Waals surface area contributed by atoms with Crippen molar-refractivity contribution in [3.8, 4) is 0 Å². The van der Waals surface area contributed by atoms with Gasteiger partial charge in [-0.1, -0.05) is 0 Å². The third-order valence-corrected chi connectivity index (χ3v) is 3.65. The van der Waals surface area contributed by atoms with Gasteiger partial charge in [0.2, 0.25) is 11.8 Å². The number of carbonyl (C=O) groups is 2. The number of hydrogen-bond acceptors (Lipinski definition) is 4. The average molecular weight is 259 g/mol. The van der Waals surface area contributed by atoms with Crippen molar-refractivity contribution >= 4 is 23.2 Å². The van der Waals surface area contributed by atoms with E-state index in [2.05, 4.69) is 27.7 Å². The lowest BCUT2D eigenvalue weighted by Crippen LogP contribution is -2.30. The Balaban J connectivity index is 1.65. The molecule has 0 aromatic heterocycles. The summed E-state index contributed by atoms with van der Waals surface area (Å²) in [6.45, 7) is 2.23. The van der Waals surface area contributed by atoms with Crippen LogP contribution in [0.5, 0.6) is 0 Å². The van der Waals surface area contributed by atoms with E-state index in [1.807, 2.05) is 12.1 Å². The molecule has 2 heterocycles. The molecule has 1 atom stereocenters. The van der Waals surface area contributed by atoms with E-state index in [1.165, 1.54) is 18.5 Å². The van der Waals surface area contributed by atoms with Crippen LogP contribution in [0.25, 0.3) is 0 Å². The summed E-state index contributed by atoms with van der Waals surface area (Å²) in [7, 11) is 0. The second-order valence-corrected chi connectivity index (χ2v) is 5.05. The molecule has 1 aromatic carbocycles. The number of imide groups is 1. The highest BCUT2D eigenvalue weighted by molar-refractivity contribution is 6.06. The van der Waals surface area contributed by atoms with Crippen LogP contribution in [0.1, 0.15) is 19.3 Å². The topological polar surface area (TPSA) is 61.4 Å². The summed E-state index contributed by atoms with van der Waals surface area (Å²) in [4.78, 5) is 24.9. The molecule has 0 saturated carbocycles. The Morgan fingerprint density at radius 1 is 1.11 bits per heavy atom. The minimum absolute atomic E-state index is 0.212. The van der Waals surface area contributed by atoms with Crippen LogP contribution in [-0.2, 0) is 9.59 Å². The van der Waals surface area contributed by atoms with Crippen molar-refractivity contribution in [2.24, 2.45) is 0 Å². The minimum Gasteiger partial charge on any atom is -0.373 e. The molecular formula is C14H17N3O2. The maximum atomic E-state index is 11.5. The van der Waals surface area contributed by atoms with Crippen LogP contribution in [-0.4, -0.2) is 30.9 Å². The number of hydrogen-bond donors (Lipinski definition) is 2. The van der Waals surface area contributed by atoms with Gasteiger partial charge in [-0.05, 0) is 37.1 Å². The van der Waals surface area contributed by atoms with Crippen molar-refractivity contribution in [2.75, 3.05) is 23.3 Å². The summed E-state index contributed by atoms with van der Waals surface area (Å²) in [6.07, 6.45) is 2.72. The van der Waals surface area contributed by atoms with Gasteiger partial charge < -0.3 is 10.2 Å². The summed E-state index contributed by atoms with van der Waals surface area (Å²) in [5.74, 6) is -0.454. The number of anilines is 2. The zero-order chi connectivity index (χ0) is 13.2. The molecule has 3 rings (SSSR count). The van der Waals surface area contributed by atoms with E-state index in [-0.39, 0.29) is 18.2 Å². The molecule has 1 aromatic rings. The van der Waals surface area contributed by atoms with E-state index in [0.717, 1.165) is 18.8 Å². The van der Waals surface area contributed by atoms with Crippen molar-refractivity contribution < 1.29 is 9.59 Å². The van der Waals surface area contributed by atoms with Crippen LogP contribution >= 0.6 is 0 Å². The molecule has 0 aliphatic carbocycles. The number of amides is 2. The van der Waals surface area contributed by atoms with Crippen LogP contribution in [0.4, 0.5) is 11.4 Å². The zero-order valence-electron chi connectivity index (χ0n) is 10.7. The molecule has 0 bridgehead atoms. The molecular weight excluding hydrogens is 242 g/mol. The van der Waals surface area contributed by atoms with Gasteiger partial charge in [0.25, 0.3) is 0 Å². The Hall–Kier alpha value is -2.04. The zero-order valence-corrected chi connectivity index (χ0v) is 10.7. The number of benzene rings is 1. The second-order valence-electron chi connectivity index (χ2n) is 5.05. The standard InChI is InChI=1S/C14H17N3O2/c18-13-9-12(14(19)16-13)15-10-3-5-11(6-4-10)17-7-1-2-8-17/h3-6,12,15H,1-2,7-9H2,(H,16,18,19). The summed E-state index contributed by atoms with van der Waals surface area (Å²) in [5.41, 5.74) is 2.09. The highest BCUT2D eigenvalue weighted by Crippen LogP contribution is 2.22. The summed E-state index contributed by atoms with van der Waals surface area (Å²) < 4.78 is 0. The van der Waals surface area contributed by atoms with Crippen LogP contribution < -0.4 is 15.5 Å². The molecule has 2 saturated heterocycles. The van der Waals surface area contributed by atoms with Crippen molar-refractivity contribution in [2.45, 2.75) is 25.3 Å². The average Bonchev–Trinajstić information content (AvgIpc) is 3.01. The van der Waals surface area contributed by atoms with E-state index in [1.54, 1.807) is 0 Å². The fourth-order valence-corrected chi connectivity index (χ4v) is 2.62. The SMILES string of the molecule is O=C1CC(Nc2ccc(N3CCCC3)cc2)C(=O)N1. The van der Waals surface area contributed by atoms with E-state index in [0.29, 0.717) is 0 Å². The van der Waals surface area contributed by atoms with Crippen molar-refractivity contribution in [1.82, 2.24) is 5.32 Å². The minimum atomic E-state index is -0.440. The first-order valence-corrected chi connectivity index (χ1v) is 6.67. The van der Waals surface area contributed by atoms with E-state index < -0.39 is 6.04 Å². The highest BCUT2D eigenvalue weighted by atomic mass is 16.2. The van der Waals surface area contributed by atoms with Gasteiger partial charge in [0.15, 0.2) is 0 Å².